The van der Waals surface area contributed by atoms with Gasteiger partial charge in [0.25, 0.3) is 5.91 Å². The molecule has 0 bridgehead atoms. The van der Waals surface area contributed by atoms with Crippen molar-refractivity contribution >= 4 is 73.5 Å². The Hall–Kier alpha value is -3.83. The normalized spacial score (nSPS) is 11.1. The minimum absolute atomic E-state index is 0.159. The van der Waals surface area contributed by atoms with Crippen LogP contribution in [-0.4, -0.2) is 19.0 Å². The zero-order chi connectivity index (χ0) is 26.5. The Morgan fingerprint density at radius 1 is 1.03 bits per heavy atom. The molecule has 0 saturated carbocycles. The van der Waals surface area contributed by atoms with E-state index in [1.54, 1.807) is 30.3 Å². The third kappa shape index (κ3) is 5.95. The molecule has 0 aliphatic heterocycles. The summed E-state index contributed by atoms with van der Waals surface area (Å²) < 4.78 is 11.5. The standard InChI is InChI=1S/C28H17BrCl2N2O4/c1-36-25-13-16(11-18(15-32)27(34)33-24-14-19(30)9-10-23(24)31)12-22(29)26(25)37-28(35)21-8-4-6-17-5-2-3-7-20(17)21/h2-14H,1H3,(H,33,34)/b18-11+. The number of hydrogen-bond acceptors (Lipinski definition) is 5. The fourth-order valence-corrected chi connectivity index (χ4v) is 4.45. The van der Waals surface area contributed by atoms with Crippen LogP contribution in [0.3, 0.4) is 0 Å². The van der Waals surface area contributed by atoms with Crippen molar-refractivity contribution in [1.82, 2.24) is 0 Å². The molecule has 0 heterocycles. The van der Waals surface area contributed by atoms with Crippen LogP contribution < -0.4 is 14.8 Å². The van der Waals surface area contributed by atoms with E-state index in [-0.39, 0.29) is 27.8 Å². The molecule has 0 radical (unpaired) electrons. The molecule has 0 saturated heterocycles. The van der Waals surface area contributed by atoms with Gasteiger partial charge in [-0.15, -0.1) is 0 Å². The first kappa shape index (κ1) is 26.2. The van der Waals surface area contributed by atoms with Crippen LogP contribution in [0.2, 0.25) is 10.0 Å². The van der Waals surface area contributed by atoms with E-state index in [2.05, 4.69) is 21.2 Å². The van der Waals surface area contributed by atoms with Crippen molar-refractivity contribution in [2.24, 2.45) is 0 Å². The number of ether oxygens (including phenoxy) is 2. The van der Waals surface area contributed by atoms with Crippen LogP contribution in [0.15, 0.2) is 82.8 Å². The fraction of sp³-hybridized carbons (Fsp3) is 0.0357. The fourth-order valence-electron chi connectivity index (χ4n) is 3.57. The number of carbonyl (C=O) groups excluding carboxylic acids is 2. The summed E-state index contributed by atoms with van der Waals surface area (Å²) in [6.45, 7) is 0. The average molecular weight is 596 g/mol. The summed E-state index contributed by atoms with van der Waals surface area (Å²) in [6, 6.07) is 22.5. The van der Waals surface area contributed by atoms with Gasteiger partial charge in [-0.2, -0.15) is 5.26 Å². The summed E-state index contributed by atoms with van der Waals surface area (Å²) in [5.74, 6) is -0.848. The van der Waals surface area contributed by atoms with Gasteiger partial charge in [-0.1, -0.05) is 59.6 Å². The van der Waals surface area contributed by atoms with Crippen molar-refractivity contribution in [3.05, 3.63) is 104 Å². The van der Waals surface area contributed by atoms with Crippen LogP contribution in [-0.2, 0) is 4.79 Å². The molecule has 4 rings (SSSR count). The zero-order valence-corrected chi connectivity index (χ0v) is 22.3. The highest BCUT2D eigenvalue weighted by Gasteiger charge is 2.19. The Labute approximate surface area is 231 Å². The number of rotatable bonds is 6. The van der Waals surface area contributed by atoms with Crippen molar-refractivity contribution in [2.45, 2.75) is 0 Å². The van der Waals surface area contributed by atoms with Crippen molar-refractivity contribution in [1.29, 1.82) is 5.26 Å². The van der Waals surface area contributed by atoms with Gasteiger partial charge in [0.1, 0.15) is 11.6 Å². The number of nitrogens with one attached hydrogen (secondary N) is 1. The summed E-state index contributed by atoms with van der Waals surface area (Å²) in [5, 5.41) is 14.5. The van der Waals surface area contributed by atoms with E-state index in [0.29, 0.717) is 20.6 Å². The first-order valence-corrected chi connectivity index (χ1v) is 12.3. The highest BCUT2D eigenvalue weighted by Crippen LogP contribution is 2.38. The molecular formula is C28H17BrCl2N2O4. The minimum Gasteiger partial charge on any atom is -0.493 e. The van der Waals surface area contributed by atoms with Gasteiger partial charge in [0.2, 0.25) is 0 Å². The van der Waals surface area contributed by atoms with Gasteiger partial charge in [0.05, 0.1) is 27.9 Å². The van der Waals surface area contributed by atoms with Crippen molar-refractivity contribution in [3.63, 3.8) is 0 Å². The minimum atomic E-state index is -0.673. The number of anilines is 1. The molecule has 0 fully saturated rings. The third-order valence-corrected chi connectivity index (χ3v) is 6.46. The van der Waals surface area contributed by atoms with Gasteiger partial charge >= 0.3 is 5.97 Å². The maximum Gasteiger partial charge on any atom is 0.344 e. The Morgan fingerprint density at radius 3 is 2.54 bits per heavy atom. The molecule has 6 nitrogen and oxygen atoms in total. The predicted molar refractivity (Wildman–Crippen MR) is 148 cm³/mol. The Kier molecular flexibility index (Phi) is 8.14. The number of esters is 1. The lowest BCUT2D eigenvalue weighted by Gasteiger charge is -2.13. The van der Waals surface area contributed by atoms with E-state index in [1.807, 2.05) is 36.4 Å². The summed E-state index contributed by atoms with van der Waals surface area (Å²) >= 11 is 15.5. The summed E-state index contributed by atoms with van der Waals surface area (Å²) in [4.78, 5) is 25.8. The Bertz CT molecular complexity index is 1610. The van der Waals surface area contributed by atoms with Gasteiger partial charge in [0.15, 0.2) is 11.5 Å². The number of carbonyl (C=O) groups is 2. The molecule has 184 valence electrons. The van der Waals surface area contributed by atoms with Crippen LogP contribution in [0.1, 0.15) is 15.9 Å². The van der Waals surface area contributed by atoms with Gasteiger partial charge < -0.3 is 14.8 Å². The molecule has 0 aliphatic rings. The molecule has 4 aromatic carbocycles. The second kappa shape index (κ2) is 11.5. The summed E-state index contributed by atoms with van der Waals surface area (Å²) in [5.41, 5.74) is 0.942. The first-order valence-electron chi connectivity index (χ1n) is 10.8. The van der Waals surface area contributed by atoms with Gasteiger partial charge in [-0.05, 0) is 74.7 Å². The molecule has 9 heteroatoms. The maximum atomic E-state index is 13.0. The molecule has 1 N–H and O–H groups in total. The highest BCUT2D eigenvalue weighted by atomic mass is 79.9. The van der Waals surface area contributed by atoms with E-state index in [0.717, 1.165) is 10.8 Å². The van der Waals surface area contributed by atoms with Crippen LogP contribution >= 0.6 is 39.1 Å². The number of nitrogens with zero attached hydrogens (tertiary/aromatic N) is 1. The van der Waals surface area contributed by atoms with Crippen molar-refractivity contribution in [2.75, 3.05) is 12.4 Å². The molecule has 0 aromatic heterocycles. The number of halogens is 3. The molecule has 0 unspecified atom stereocenters. The van der Waals surface area contributed by atoms with E-state index < -0.39 is 11.9 Å². The SMILES string of the molecule is COc1cc(/C=C(\C#N)C(=O)Nc2cc(Cl)ccc2Cl)cc(Br)c1OC(=O)c1cccc2ccccc12. The van der Waals surface area contributed by atoms with Crippen LogP contribution in [0.5, 0.6) is 11.5 Å². The largest absolute Gasteiger partial charge is 0.493 e. The molecular weight excluding hydrogens is 579 g/mol. The Morgan fingerprint density at radius 2 is 1.78 bits per heavy atom. The number of amides is 1. The van der Waals surface area contributed by atoms with E-state index in [4.69, 9.17) is 32.7 Å². The van der Waals surface area contributed by atoms with E-state index in [1.165, 1.54) is 25.3 Å². The van der Waals surface area contributed by atoms with E-state index >= 15 is 0 Å². The number of fused-ring (bicyclic) bond motifs is 1. The van der Waals surface area contributed by atoms with Crippen LogP contribution in [0.25, 0.3) is 16.8 Å². The lowest BCUT2D eigenvalue weighted by Crippen LogP contribution is -2.14. The van der Waals surface area contributed by atoms with E-state index in [9.17, 15) is 14.9 Å². The number of benzene rings is 4. The lowest BCUT2D eigenvalue weighted by molar-refractivity contribution is -0.112. The highest BCUT2D eigenvalue weighted by molar-refractivity contribution is 9.10. The summed E-state index contributed by atoms with van der Waals surface area (Å²) in [7, 11) is 1.42. The molecule has 4 aromatic rings. The second-order valence-corrected chi connectivity index (χ2v) is 9.40. The van der Waals surface area contributed by atoms with Crippen molar-refractivity contribution in [3.8, 4) is 17.6 Å². The molecule has 0 spiro atoms. The maximum absolute atomic E-state index is 13.0. The van der Waals surface area contributed by atoms with Gasteiger partial charge in [-0.25, -0.2) is 4.79 Å². The predicted octanol–water partition coefficient (Wildman–Crippen LogP) is 7.68. The number of nitriles is 1. The quantitative estimate of drug-likeness (QED) is 0.107. The molecule has 0 aliphatic carbocycles. The third-order valence-electron chi connectivity index (χ3n) is 5.31. The molecule has 37 heavy (non-hydrogen) atoms. The Balaban J connectivity index is 1.62. The van der Waals surface area contributed by atoms with Gasteiger partial charge in [-0.3, -0.25) is 4.79 Å². The zero-order valence-electron chi connectivity index (χ0n) is 19.2. The van der Waals surface area contributed by atoms with Crippen LogP contribution in [0, 0.1) is 11.3 Å². The van der Waals surface area contributed by atoms with Crippen molar-refractivity contribution < 1.29 is 19.1 Å². The number of methoxy groups -OCH3 is 1. The number of hydrogen-bond donors (Lipinski definition) is 1. The molecule has 0 atom stereocenters. The first-order chi connectivity index (χ1) is 17.8. The van der Waals surface area contributed by atoms with Crippen LogP contribution in [0.4, 0.5) is 5.69 Å². The molecule has 1 amide bonds. The van der Waals surface area contributed by atoms with Gasteiger partial charge in [0, 0.05) is 5.02 Å². The smallest absolute Gasteiger partial charge is 0.344 e. The second-order valence-electron chi connectivity index (χ2n) is 7.70. The monoisotopic (exact) mass is 594 g/mol. The average Bonchev–Trinajstić information content (AvgIpc) is 2.90. The topological polar surface area (TPSA) is 88.4 Å². The summed E-state index contributed by atoms with van der Waals surface area (Å²) in [6.07, 6.45) is 1.37. The lowest BCUT2D eigenvalue weighted by atomic mass is 10.0.